The van der Waals surface area contributed by atoms with E-state index in [1.165, 1.54) is 11.1 Å². The van der Waals surface area contributed by atoms with Crippen LogP contribution in [0.1, 0.15) is 93.5 Å². The molecule has 0 atom stereocenters. The topological polar surface area (TPSA) is 162 Å². The van der Waals surface area contributed by atoms with Crippen molar-refractivity contribution in [2.24, 2.45) is 0 Å². The molecular weight excluding hydrogens is 837 g/mol. The van der Waals surface area contributed by atoms with Gasteiger partial charge in [0.25, 0.3) is 0 Å². The predicted molar refractivity (Wildman–Crippen MR) is 269 cm³/mol. The van der Waals surface area contributed by atoms with E-state index in [-0.39, 0.29) is 45.8 Å². The number of hydrogen-bond acceptors (Lipinski definition) is 8. The average Bonchev–Trinajstić information content (AvgIpc) is 3.30. The van der Waals surface area contributed by atoms with Gasteiger partial charge in [-0.3, -0.25) is 0 Å². The molecule has 0 aromatic heterocycles. The van der Waals surface area contributed by atoms with Gasteiger partial charge >= 0.3 is 0 Å². The van der Waals surface area contributed by atoms with E-state index in [0.717, 1.165) is 68.5 Å². The number of phenols is 8. The Morgan fingerprint density at radius 1 is 0.328 bits per heavy atom. The van der Waals surface area contributed by atoms with Gasteiger partial charge in [-0.05, 0) is 180 Å². The van der Waals surface area contributed by atoms with E-state index in [4.69, 9.17) is 10.2 Å². The van der Waals surface area contributed by atoms with E-state index in [2.05, 4.69) is 20.8 Å². The molecule has 8 aromatic carbocycles. The summed E-state index contributed by atoms with van der Waals surface area (Å²) in [5.41, 5.74) is 12.6. The zero-order valence-corrected chi connectivity index (χ0v) is 39.2. The lowest BCUT2D eigenvalue weighted by atomic mass is 9.78. The fourth-order valence-electron chi connectivity index (χ4n) is 7.64. The monoisotopic (exact) mass is 898 g/mol. The summed E-state index contributed by atoms with van der Waals surface area (Å²) in [6.07, 6.45) is 1.62. The van der Waals surface area contributed by atoms with Crippen LogP contribution in [0.2, 0.25) is 0 Å². The third kappa shape index (κ3) is 14.6. The molecule has 0 amide bonds. The van der Waals surface area contributed by atoms with Crippen molar-refractivity contribution in [1.29, 1.82) is 0 Å². The van der Waals surface area contributed by atoms with Crippen molar-refractivity contribution >= 4 is 0 Å². The van der Waals surface area contributed by atoms with Crippen molar-refractivity contribution in [2.45, 2.75) is 72.6 Å². The molecule has 0 fully saturated rings. The van der Waals surface area contributed by atoms with Crippen LogP contribution in [0.25, 0.3) is 0 Å². The highest BCUT2D eigenvalue weighted by Gasteiger charge is 2.23. The fourth-order valence-corrected chi connectivity index (χ4v) is 7.64. The van der Waals surface area contributed by atoms with Gasteiger partial charge in [0.1, 0.15) is 46.0 Å². The summed E-state index contributed by atoms with van der Waals surface area (Å²) in [5.74, 6) is 2.67. The van der Waals surface area contributed by atoms with Gasteiger partial charge < -0.3 is 40.9 Å². The lowest BCUT2D eigenvalue weighted by molar-refractivity contribution is 0.466. The number of phenolic OH excluding ortho intramolecular Hbond substituents is 8. The second-order valence-corrected chi connectivity index (χ2v) is 17.5. The van der Waals surface area contributed by atoms with Gasteiger partial charge in [0, 0.05) is 11.3 Å². The Bertz CT molecular complexity index is 2560. The third-order valence-corrected chi connectivity index (χ3v) is 11.8. The van der Waals surface area contributed by atoms with Crippen molar-refractivity contribution in [1.82, 2.24) is 0 Å². The molecule has 0 aliphatic rings. The van der Waals surface area contributed by atoms with Crippen LogP contribution < -0.4 is 0 Å². The lowest BCUT2D eigenvalue weighted by Gasteiger charge is -2.26. The van der Waals surface area contributed by atoms with Crippen molar-refractivity contribution < 1.29 is 40.9 Å². The van der Waals surface area contributed by atoms with Gasteiger partial charge in [-0.15, -0.1) is 0 Å². The Labute approximate surface area is 394 Å². The highest BCUT2D eigenvalue weighted by molar-refractivity contribution is 5.47. The second kappa shape index (κ2) is 22.9. The number of hydrogen-bond donors (Lipinski definition) is 8. The van der Waals surface area contributed by atoms with Crippen molar-refractivity contribution in [3.05, 3.63) is 237 Å². The zero-order valence-electron chi connectivity index (χ0n) is 39.2. The Hall–Kier alpha value is -7.84. The SMILES string of the molecule is CC(C)(c1ccc(O)cc1)c1ccc(O)cc1.CC(c1ccc(O)cc1)c1ccc(O)cc1.Cc1cc(Cc2cc(C)c(O)c(C)c2)cc(C)c1O.Oc1ccc(Cc2ccc(O)cc2)cc1. The van der Waals surface area contributed by atoms with Crippen LogP contribution in [-0.2, 0) is 18.3 Å². The first-order valence-corrected chi connectivity index (χ1v) is 22.1. The maximum Gasteiger partial charge on any atom is 0.121 e. The molecule has 0 saturated carbocycles. The first-order chi connectivity index (χ1) is 31.8. The first kappa shape index (κ1) is 50.2. The second-order valence-electron chi connectivity index (χ2n) is 17.5. The molecule has 0 radical (unpaired) electrons. The summed E-state index contributed by atoms with van der Waals surface area (Å²) in [6.45, 7) is 14.0. The summed E-state index contributed by atoms with van der Waals surface area (Å²) >= 11 is 0. The average molecular weight is 899 g/mol. The third-order valence-electron chi connectivity index (χ3n) is 11.8. The highest BCUT2D eigenvalue weighted by atomic mass is 16.3. The summed E-state index contributed by atoms with van der Waals surface area (Å²) in [7, 11) is 0. The van der Waals surface area contributed by atoms with E-state index in [0.29, 0.717) is 11.5 Å². The Balaban J connectivity index is 0.000000168. The number of aryl methyl sites for hydroxylation is 4. The Kier molecular flexibility index (Phi) is 17.1. The molecule has 67 heavy (non-hydrogen) atoms. The standard InChI is InChI=1S/C17H20O2.C15H16O2.C14H14O2.C13H12O2/c1-10-5-14(6-11(2)16(10)18)9-15-7-12(3)17(19)13(4)8-15;1-15(2,11-3-7-13(16)8-4-11)12-5-9-14(17)10-6-12;1-10(11-2-6-13(15)7-3-11)12-4-8-14(16)9-5-12;14-12-5-1-10(2-6-12)9-11-3-7-13(15)8-4-11/h5-8,18-19H,9H2,1-4H3;3-10,16-17H,1-2H3;2-10,15-16H,1H3;1-8,14-15H,9H2. The number of benzene rings is 8. The minimum atomic E-state index is -0.151. The molecule has 0 bridgehead atoms. The van der Waals surface area contributed by atoms with Gasteiger partial charge in [-0.2, -0.15) is 0 Å². The van der Waals surface area contributed by atoms with Crippen LogP contribution in [0.3, 0.4) is 0 Å². The first-order valence-electron chi connectivity index (χ1n) is 22.1. The molecule has 8 nitrogen and oxygen atoms in total. The quantitative estimate of drug-likeness (QED) is 0.0748. The maximum absolute atomic E-state index is 9.79. The van der Waals surface area contributed by atoms with Crippen LogP contribution in [0.4, 0.5) is 0 Å². The smallest absolute Gasteiger partial charge is 0.121 e. The van der Waals surface area contributed by atoms with Gasteiger partial charge in [0.15, 0.2) is 0 Å². The Morgan fingerprint density at radius 2 is 0.552 bits per heavy atom. The largest absolute Gasteiger partial charge is 0.508 e. The summed E-state index contributed by atoms with van der Waals surface area (Å²) < 4.78 is 0. The van der Waals surface area contributed by atoms with Gasteiger partial charge in [0.2, 0.25) is 0 Å². The molecule has 8 heteroatoms. The molecule has 0 spiro atoms. The normalized spacial score (nSPS) is 10.7. The molecule has 0 aliphatic heterocycles. The zero-order chi connectivity index (χ0) is 48.8. The summed E-state index contributed by atoms with van der Waals surface area (Å²) in [5, 5.41) is 74.8. The fraction of sp³-hybridized carbons (Fsp3) is 0.186. The lowest BCUT2D eigenvalue weighted by Crippen LogP contribution is -2.18. The van der Waals surface area contributed by atoms with Crippen LogP contribution in [0, 0.1) is 27.7 Å². The molecule has 8 N–H and O–H groups in total. The molecule has 0 saturated heterocycles. The van der Waals surface area contributed by atoms with Crippen LogP contribution in [0.15, 0.2) is 170 Å². The maximum atomic E-state index is 9.79. The van der Waals surface area contributed by atoms with Gasteiger partial charge in [-0.1, -0.05) is 118 Å². The van der Waals surface area contributed by atoms with Crippen molar-refractivity contribution in [3.63, 3.8) is 0 Å². The molecular formula is C59H62O8. The molecule has 8 rings (SSSR count). The molecule has 8 aromatic rings. The van der Waals surface area contributed by atoms with E-state index in [1.54, 1.807) is 72.8 Å². The minimum Gasteiger partial charge on any atom is -0.508 e. The number of aromatic hydroxyl groups is 8. The molecule has 0 heterocycles. The minimum absolute atomic E-state index is 0.151. The summed E-state index contributed by atoms with van der Waals surface area (Å²) in [6, 6.07) is 51.2. The predicted octanol–water partition coefficient (Wildman–Crippen LogP) is 13.3. The number of rotatable bonds is 8. The van der Waals surface area contributed by atoms with E-state index in [9.17, 15) is 30.6 Å². The van der Waals surface area contributed by atoms with Crippen molar-refractivity contribution in [3.8, 4) is 46.0 Å². The Morgan fingerprint density at radius 3 is 0.821 bits per heavy atom. The van der Waals surface area contributed by atoms with Crippen LogP contribution in [-0.4, -0.2) is 40.9 Å². The van der Waals surface area contributed by atoms with Gasteiger partial charge in [-0.25, -0.2) is 0 Å². The molecule has 0 aliphatic carbocycles. The van der Waals surface area contributed by atoms with Gasteiger partial charge in [0.05, 0.1) is 0 Å². The molecule has 346 valence electrons. The highest BCUT2D eigenvalue weighted by Crippen LogP contribution is 2.33. The van der Waals surface area contributed by atoms with Crippen LogP contribution in [0.5, 0.6) is 46.0 Å². The van der Waals surface area contributed by atoms with E-state index < -0.39 is 0 Å². The molecule has 0 unspecified atom stereocenters. The van der Waals surface area contributed by atoms with E-state index in [1.807, 2.05) is 125 Å². The summed E-state index contributed by atoms with van der Waals surface area (Å²) in [4.78, 5) is 0. The van der Waals surface area contributed by atoms with Crippen molar-refractivity contribution in [2.75, 3.05) is 0 Å². The van der Waals surface area contributed by atoms with Crippen LogP contribution >= 0.6 is 0 Å². The van der Waals surface area contributed by atoms with E-state index >= 15 is 0 Å².